The number of benzene rings is 2. The second kappa shape index (κ2) is 11.5. The molecule has 198 valence electrons. The first-order valence-electron chi connectivity index (χ1n) is 12.9. The van der Waals surface area contributed by atoms with Gasteiger partial charge in [-0.05, 0) is 55.0 Å². The van der Waals surface area contributed by atoms with Gasteiger partial charge >= 0.3 is 0 Å². The molecule has 0 bridgehead atoms. The number of halogens is 2. The Bertz CT molecular complexity index is 1200. The summed E-state index contributed by atoms with van der Waals surface area (Å²) in [6.45, 7) is 8.07. The third kappa shape index (κ3) is 6.25. The van der Waals surface area contributed by atoms with Gasteiger partial charge in [-0.25, -0.2) is 13.8 Å². The summed E-state index contributed by atoms with van der Waals surface area (Å²) < 4.78 is 36.6. The van der Waals surface area contributed by atoms with E-state index in [9.17, 15) is 13.6 Å². The summed E-state index contributed by atoms with van der Waals surface area (Å²) in [5, 5.41) is 0. The van der Waals surface area contributed by atoms with Crippen LogP contribution in [0.5, 0.6) is 0 Å². The van der Waals surface area contributed by atoms with Gasteiger partial charge in [0.15, 0.2) is 0 Å². The van der Waals surface area contributed by atoms with Gasteiger partial charge in [0, 0.05) is 31.5 Å². The van der Waals surface area contributed by atoms with Crippen LogP contribution >= 0.6 is 0 Å². The maximum absolute atomic E-state index is 14.8. The monoisotopic (exact) mass is 510 g/mol. The fourth-order valence-electron chi connectivity index (χ4n) is 4.96. The number of aromatic nitrogens is 2. The molecule has 0 saturated carbocycles. The number of hydrogen-bond donors (Lipinski definition) is 1. The van der Waals surface area contributed by atoms with Crippen LogP contribution in [-0.4, -0.2) is 46.2 Å². The lowest BCUT2D eigenvalue weighted by molar-refractivity contribution is -0.146. The first-order valence-corrected chi connectivity index (χ1v) is 12.9. The van der Waals surface area contributed by atoms with Crippen LogP contribution in [0.4, 0.5) is 8.78 Å². The molecule has 6 nitrogen and oxygen atoms in total. The van der Waals surface area contributed by atoms with Gasteiger partial charge in [-0.15, -0.1) is 0 Å². The maximum Gasteiger partial charge on any atom is 0.252 e. The first kappa shape index (κ1) is 26.9. The van der Waals surface area contributed by atoms with Crippen LogP contribution < -0.4 is 5.73 Å². The van der Waals surface area contributed by atoms with E-state index in [1.165, 1.54) is 0 Å². The highest BCUT2D eigenvalue weighted by atomic mass is 19.1. The van der Waals surface area contributed by atoms with Crippen LogP contribution in [0.15, 0.2) is 54.7 Å². The predicted molar refractivity (Wildman–Crippen MR) is 140 cm³/mol. The summed E-state index contributed by atoms with van der Waals surface area (Å²) in [5.74, 6) is -0.571. The second-order valence-electron chi connectivity index (χ2n) is 10.7. The Morgan fingerprint density at radius 2 is 1.97 bits per heavy atom. The summed E-state index contributed by atoms with van der Waals surface area (Å²) in [6.07, 6.45) is 3.38. The molecule has 3 aromatic rings. The van der Waals surface area contributed by atoms with Crippen molar-refractivity contribution in [1.82, 2.24) is 14.5 Å². The second-order valence-corrected chi connectivity index (χ2v) is 10.7. The van der Waals surface area contributed by atoms with Crippen LogP contribution in [0.2, 0.25) is 0 Å². The van der Waals surface area contributed by atoms with Gasteiger partial charge in [0.05, 0.1) is 11.7 Å². The molecule has 0 aliphatic carbocycles. The van der Waals surface area contributed by atoms with Crippen molar-refractivity contribution in [3.63, 3.8) is 0 Å². The molecule has 0 radical (unpaired) electrons. The highest BCUT2D eigenvalue weighted by molar-refractivity contribution is 5.81. The molecule has 1 aliphatic heterocycles. The molecule has 8 heteroatoms. The predicted octanol–water partition coefficient (Wildman–Crippen LogP) is 5.32. The third-order valence-corrected chi connectivity index (χ3v) is 6.68. The molecule has 2 atom stereocenters. The largest absolute Gasteiger partial charge is 0.368 e. The van der Waals surface area contributed by atoms with E-state index in [0.29, 0.717) is 50.6 Å². The van der Waals surface area contributed by atoms with Gasteiger partial charge in [0.1, 0.15) is 23.6 Å². The van der Waals surface area contributed by atoms with Crippen LogP contribution in [0, 0.1) is 17.0 Å². The van der Waals surface area contributed by atoms with Gasteiger partial charge in [-0.1, -0.05) is 51.1 Å². The minimum atomic E-state index is -0.556. The number of nitrogens with zero attached hydrogens (tertiary/aromatic N) is 3. The fourth-order valence-corrected chi connectivity index (χ4v) is 4.96. The van der Waals surface area contributed by atoms with Crippen LogP contribution in [-0.2, 0) is 16.1 Å². The van der Waals surface area contributed by atoms with Crippen molar-refractivity contribution in [3.05, 3.63) is 77.8 Å². The highest BCUT2D eigenvalue weighted by Crippen LogP contribution is 2.40. The van der Waals surface area contributed by atoms with Crippen molar-refractivity contribution < 1.29 is 18.3 Å². The van der Waals surface area contributed by atoms with Crippen molar-refractivity contribution in [2.24, 2.45) is 11.1 Å². The molecule has 2 aromatic carbocycles. The van der Waals surface area contributed by atoms with E-state index in [4.69, 9.17) is 15.5 Å². The standard InChI is InChI=1S/C29H36F2N4O2/c1-29(2,3)26(35(15-8-14-32)28(36)25-11-7-16-37-25)27-33-24(22-17-21(30)12-13-23(22)31)19-34(27)18-20-9-5-4-6-10-20/h4-6,9-10,12-13,17,19,25-26H,7-8,11,14-16,18,32H2,1-3H3/t25?,26-/m0/s1. The topological polar surface area (TPSA) is 73.4 Å². The van der Waals surface area contributed by atoms with Gasteiger partial charge in [-0.2, -0.15) is 0 Å². The summed E-state index contributed by atoms with van der Waals surface area (Å²) in [7, 11) is 0. The molecule has 1 aliphatic rings. The van der Waals surface area contributed by atoms with Crippen molar-refractivity contribution >= 4 is 5.91 Å². The Morgan fingerprint density at radius 3 is 2.62 bits per heavy atom. The number of hydrogen-bond acceptors (Lipinski definition) is 4. The number of carbonyl (C=O) groups excluding carboxylic acids is 1. The minimum Gasteiger partial charge on any atom is -0.368 e. The van der Waals surface area contributed by atoms with Crippen molar-refractivity contribution in [1.29, 1.82) is 0 Å². The van der Waals surface area contributed by atoms with E-state index >= 15 is 0 Å². The molecule has 1 aromatic heterocycles. The highest BCUT2D eigenvalue weighted by Gasteiger charge is 2.41. The molecule has 2 heterocycles. The van der Waals surface area contributed by atoms with Crippen molar-refractivity contribution in [3.8, 4) is 11.3 Å². The van der Waals surface area contributed by atoms with E-state index < -0.39 is 29.2 Å². The van der Waals surface area contributed by atoms with Gasteiger partial charge in [-0.3, -0.25) is 4.79 Å². The fraction of sp³-hybridized carbons (Fsp3) is 0.448. The van der Waals surface area contributed by atoms with Crippen molar-refractivity contribution in [2.75, 3.05) is 19.7 Å². The zero-order chi connectivity index (χ0) is 26.6. The zero-order valence-corrected chi connectivity index (χ0v) is 21.8. The van der Waals surface area contributed by atoms with Gasteiger partial charge in [0.25, 0.3) is 5.91 Å². The smallest absolute Gasteiger partial charge is 0.252 e. The maximum atomic E-state index is 14.8. The lowest BCUT2D eigenvalue weighted by Gasteiger charge is -2.41. The number of amides is 1. The molecule has 1 amide bonds. The Hall–Kier alpha value is -3.10. The zero-order valence-electron chi connectivity index (χ0n) is 21.8. The van der Waals surface area contributed by atoms with E-state index in [1.807, 2.05) is 39.8 Å². The average molecular weight is 511 g/mol. The lowest BCUT2D eigenvalue weighted by Crippen LogP contribution is -2.47. The third-order valence-electron chi connectivity index (χ3n) is 6.68. The quantitative estimate of drug-likeness (QED) is 0.423. The molecule has 0 spiro atoms. The Balaban J connectivity index is 1.86. The molecule has 1 saturated heterocycles. The van der Waals surface area contributed by atoms with E-state index in [1.54, 1.807) is 6.20 Å². The number of imidazole rings is 1. The summed E-state index contributed by atoms with van der Waals surface area (Å²) in [5.41, 5.74) is 6.85. The SMILES string of the molecule is CC(C)(C)[C@H](c1nc(-c2cc(F)ccc2F)cn1Cc1ccccc1)N(CCCN)C(=O)C1CCCO1. The Labute approximate surface area is 217 Å². The number of nitrogens with two attached hydrogens (primary N) is 1. The molecular formula is C29H36F2N4O2. The average Bonchev–Trinajstić information content (AvgIpc) is 3.53. The van der Waals surface area contributed by atoms with Crippen molar-refractivity contribution in [2.45, 2.75) is 58.7 Å². The van der Waals surface area contributed by atoms with E-state index in [0.717, 1.165) is 30.2 Å². The molecular weight excluding hydrogens is 474 g/mol. The lowest BCUT2D eigenvalue weighted by atomic mass is 9.84. The first-order chi connectivity index (χ1) is 17.7. The van der Waals surface area contributed by atoms with Crippen LogP contribution in [0.3, 0.4) is 0 Å². The summed E-state index contributed by atoms with van der Waals surface area (Å²) in [6, 6.07) is 12.8. The Kier molecular flexibility index (Phi) is 8.39. The number of carbonyl (C=O) groups is 1. The Morgan fingerprint density at radius 1 is 1.22 bits per heavy atom. The molecule has 2 N–H and O–H groups in total. The number of rotatable bonds is 9. The summed E-state index contributed by atoms with van der Waals surface area (Å²) >= 11 is 0. The minimum absolute atomic E-state index is 0.0830. The summed E-state index contributed by atoms with van der Waals surface area (Å²) in [4.78, 5) is 20.5. The van der Waals surface area contributed by atoms with E-state index in [-0.39, 0.29) is 11.5 Å². The van der Waals surface area contributed by atoms with Gasteiger partial charge in [0.2, 0.25) is 0 Å². The van der Waals surface area contributed by atoms with Crippen LogP contribution in [0.25, 0.3) is 11.3 Å². The molecule has 1 unspecified atom stereocenters. The molecule has 4 rings (SSSR count). The van der Waals surface area contributed by atoms with E-state index in [2.05, 4.69) is 20.8 Å². The molecule has 37 heavy (non-hydrogen) atoms. The number of ether oxygens (including phenoxy) is 1. The normalized spacial score (nSPS) is 16.6. The van der Waals surface area contributed by atoms with Crippen LogP contribution in [0.1, 0.15) is 57.5 Å². The van der Waals surface area contributed by atoms with Gasteiger partial charge < -0.3 is 19.9 Å². The molecule has 1 fully saturated rings.